The van der Waals surface area contributed by atoms with Crippen LogP contribution in [0.3, 0.4) is 0 Å². The van der Waals surface area contributed by atoms with E-state index in [1.54, 1.807) is 18.2 Å². The van der Waals surface area contributed by atoms with Gasteiger partial charge in [-0.15, -0.1) is 12.4 Å². The Morgan fingerprint density at radius 2 is 2.23 bits per heavy atom. The number of likely N-dealkylation sites (tertiary alicyclic amines) is 1. The number of aromatic nitrogens is 1. The van der Waals surface area contributed by atoms with Gasteiger partial charge in [0.1, 0.15) is 11.6 Å². The summed E-state index contributed by atoms with van der Waals surface area (Å²) in [4.78, 5) is 17.8. The molecule has 2 aromatic rings. The first kappa shape index (κ1) is 16.3. The van der Waals surface area contributed by atoms with Crippen molar-refractivity contribution in [3.63, 3.8) is 0 Å². The fourth-order valence-electron chi connectivity index (χ4n) is 2.71. The van der Waals surface area contributed by atoms with Gasteiger partial charge in [-0.2, -0.15) is 0 Å². The van der Waals surface area contributed by atoms with Gasteiger partial charge in [-0.3, -0.25) is 4.79 Å². The second-order valence-electron chi connectivity index (χ2n) is 5.24. The quantitative estimate of drug-likeness (QED) is 0.888. The number of ether oxygens (including phenoxy) is 1. The molecule has 0 radical (unpaired) electrons. The van der Waals surface area contributed by atoms with E-state index in [0.29, 0.717) is 25.3 Å². The Morgan fingerprint density at radius 1 is 1.45 bits per heavy atom. The van der Waals surface area contributed by atoms with Gasteiger partial charge < -0.3 is 21.1 Å². The molecule has 0 saturated carbocycles. The van der Waals surface area contributed by atoms with Crippen LogP contribution in [-0.2, 0) is 11.3 Å². The number of halogens is 1. The van der Waals surface area contributed by atoms with Crippen molar-refractivity contribution in [3.8, 4) is 5.75 Å². The highest BCUT2D eigenvalue weighted by atomic mass is 35.5. The number of carbonyl (C=O) groups is 1. The number of nitrogens with two attached hydrogens (primary N) is 2. The van der Waals surface area contributed by atoms with Crippen LogP contribution in [0.15, 0.2) is 24.4 Å². The Labute approximate surface area is 134 Å². The van der Waals surface area contributed by atoms with Gasteiger partial charge in [0.25, 0.3) is 0 Å². The monoisotopic (exact) mass is 322 g/mol. The van der Waals surface area contributed by atoms with E-state index < -0.39 is 0 Å². The molecule has 1 saturated heterocycles. The highest BCUT2D eigenvalue weighted by Gasteiger charge is 2.29. The topological polar surface area (TPSA) is 94.5 Å². The van der Waals surface area contributed by atoms with Crippen molar-refractivity contribution in [2.75, 3.05) is 19.4 Å². The molecule has 1 atom stereocenters. The molecule has 1 aliphatic heterocycles. The number of anilines is 1. The predicted molar refractivity (Wildman–Crippen MR) is 88.0 cm³/mol. The second-order valence-corrected chi connectivity index (χ2v) is 5.24. The minimum Gasteiger partial charge on any atom is -0.496 e. The van der Waals surface area contributed by atoms with E-state index in [4.69, 9.17) is 16.2 Å². The van der Waals surface area contributed by atoms with Gasteiger partial charge in [-0.1, -0.05) is 0 Å². The zero-order chi connectivity index (χ0) is 15.0. The number of fused-ring (bicyclic) bond motifs is 1. The van der Waals surface area contributed by atoms with Gasteiger partial charge in [0.05, 0.1) is 13.2 Å². The van der Waals surface area contributed by atoms with Crippen molar-refractivity contribution >= 4 is 34.9 Å². The molecule has 0 spiro atoms. The van der Waals surface area contributed by atoms with Gasteiger partial charge in [0.2, 0.25) is 5.91 Å². The Balaban J connectivity index is 0.00000176. The minimum atomic E-state index is -0.386. The average molecular weight is 323 g/mol. The maximum absolute atomic E-state index is 12.0. The summed E-state index contributed by atoms with van der Waals surface area (Å²) in [6.07, 6.45) is 2.36. The van der Waals surface area contributed by atoms with Crippen LogP contribution in [0, 0.1) is 0 Å². The molecule has 3 rings (SSSR count). The number of carbonyl (C=O) groups excluding carboxylic acids is 1. The maximum atomic E-state index is 12.0. The third kappa shape index (κ3) is 2.80. The zero-order valence-electron chi connectivity index (χ0n) is 12.3. The number of hydrogen-bond donors (Lipinski definition) is 2. The second kappa shape index (κ2) is 6.37. The number of rotatable bonds is 3. The highest BCUT2D eigenvalue weighted by Crippen LogP contribution is 2.30. The molecule has 2 heterocycles. The lowest BCUT2D eigenvalue weighted by atomic mass is 10.1. The van der Waals surface area contributed by atoms with Crippen LogP contribution in [0.25, 0.3) is 10.8 Å². The summed E-state index contributed by atoms with van der Waals surface area (Å²) in [5.41, 5.74) is 12.6. The molecule has 1 aliphatic rings. The normalized spacial score (nSPS) is 17.6. The number of nitrogen functional groups attached to an aromatic ring is 1. The Morgan fingerprint density at radius 3 is 2.86 bits per heavy atom. The molecule has 1 aromatic heterocycles. The molecule has 22 heavy (non-hydrogen) atoms. The summed E-state index contributed by atoms with van der Waals surface area (Å²) in [7, 11) is 1.62. The smallest absolute Gasteiger partial charge is 0.239 e. The van der Waals surface area contributed by atoms with Gasteiger partial charge in [0, 0.05) is 30.2 Å². The fraction of sp³-hybridized carbons (Fsp3) is 0.333. The van der Waals surface area contributed by atoms with Crippen molar-refractivity contribution in [1.29, 1.82) is 0 Å². The minimum absolute atomic E-state index is 0. The van der Waals surface area contributed by atoms with Crippen LogP contribution in [0.2, 0.25) is 0 Å². The molecule has 1 amide bonds. The molecule has 0 bridgehead atoms. The molecule has 1 aromatic carbocycles. The Kier molecular flexibility index (Phi) is 4.73. The first-order valence-corrected chi connectivity index (χ1v) is 6.85. The first-order valence-electron chi connectivity index (χ1n) is 6.85. The van der Waals surface area contributed by atoms with E-state index in [-0.39, 0.29) is 24.4 Å². The molecule has 7 heteroatoms. The number of hydrogen-bond acceptors (Lipinski definition) is 5. The van der Waals surface area contributed by atoms with Crippen LogP contribution in [0.5, 0.6) is 5.75 Å². The maximum Gasteiger partial charge on any atom is 0.239 e. The zero-order valence-corrected chi connectivity index (χ0v) is 13.1. The van der Waals surface area contributed by atoms with E-state index in [9.17, 15) is 4.79 Å². The molecule has 1 fully saturated rings. The Bertz CT molecular complexity index is 707. The number of nitrogens with zero attached hydrogens (tertiary/aromatic N) is 2. The van der Waals surface area contributed by atoms with Crippen LogP contribution in [0.4, 0.5) is 5.82 Å². The van der Waals surface area contributed by atoms with Crippen LogP contribution in [-0.4, -0.2) is 35.5 Å². The van der Waals surface area contributed by atoms with Crippen LogP contribution >= 0.6 is 12.4 Å². The van der Waals surface area contributed by atoms with Crippen molar-refractivity contribution in [2.45, 2.75) is 19.0 Å². The summed E-state index contributed by atoms with van der Waals surface area (Å²) < 4.78 is 5.44. The summed E-state index contributed by atoms with van der Waals surface area (Å²) in [6.45, 7) is 1.14. The molecular formula is C15H19ClN4O2. The number of benzene rings is 1. The van der Waals surface area contributed by atoms with Gasteiger partial charge in [-0.05, 0) is 30.0 Å². The van der Waals surface area contributed by atoms with Crippen molar-refractivity contribution in [1.82, 2.24) is 9.88 Å². The van der Waals surface area contributed by atoms with Crippen LogP contribution < -0.4 is 16.2 Å². The predicted octanol–water partition coefficient (Wildman–Crippen LogP) is 1.31. The summed E-state index contributed by atoms with van der Waals surface area (Å²) >= 11 is 0. The lowest BCUT2D eigenvalue weighted by Gasteiger charge is -2.19. The summed E-state index contributed by atoms with van der Waals surface area (Å²) in [5.74, 6) is 1.19. The van der Waals surface area contributed by atoms with Crippen LogP contribution in [0.1, 0.15) is 12.0 Å². The average Bonchev–Trinajstić information content (AvgIpc) is 2.79. The molecule has 0 aliphatic carbocycles. The highest BCUT2D eigenvalue weighted by molar-refractivity contribution is 5.92. The first-order chi connectivity index (χ1) is 10.1. The van der Waals surface area contributed by atoms with E-state index in [0.717, 1.165) is 22.1 Å². The molecule has 4 N–H and O–H groups in total. The summed E-state index contributed by atoms with van der Waals surface area (Å²) in [5, 5.41) is 1.83. The lowest BCUT2D eigenvalue weighted by molar-refractivity contribution is -0.129. The van der Waals surface area contributed by atoms with Gasteiger partial charge in [0.15, 0.2) is 0 Å². The molecule has 118 valence electrons. The third-order valence-electron chi connectivity index (χ3n) is 3.90. The lowest BCUT2D eigenvalue weighted by Crippen LogP contribution is -2.33. The SMILES string of the molecule is COc1cc2ccnc(N)c2cc1CN1CC[C@H](N)C1=O.Cl. The van der Waals surface area contributed by atoms with E-state index >= 15 is 0 Å². The standard InChI is InChI=1S/C15H18N4O2.ClH/c1-21-13-7-9-2-4-18-14(17)11(9)6-10(13)8-19-5-3-12(16)15(19)20;/h2,4,6-7,12H,3,5,8,16H2,1H3,(H2,17,18);1H/t12-;/m0./s1. The third-order valence-corrected chi connectivity index (χ3v) is 3.90. The molecule has 0 unspecified atom stereocenters. The fourth-order valence-corrected chi connectivity index (χ4v) is 2.71. The number of methoxy groups -OCH3 is 1. The van der Waals surface area contributed by atoms with E-state index in [2.05, 4.69) is 4.98 Å². The van der Waals surface area contributed by atoms with E-state index in [1.807, 2.05) is 18.2 Å². The largest absolute Gasteiger partial charge is 0.496 e. The van der Waals surface area contributed by atoms with Crippen molar-refractivity contribution < 1.29 is 9.53 Å². The van der Waals surface area contributed by atoms with E-state index in [1.165, 1.54) is 0 Å². The molecular weight excluding hydrogens is 304 g/mol. The van der Waals surface area contributed by atoms with Crippen molar-refractivity contribution in [2.24, 2.45) is 5.73 Å². The van der Waals surface area contributed by atoms with Gasteiger partial charge in [-0.25, -0.2) is 4.98 Å². The number of pyridine rings is 1. The Hall–Kier alpha value is -2.05. The summed E-state index contributed by atoms with van der Waals surface area (Å²) in [6, 6.07) is 5.36. The van der Waals surface area contributed by atoms with Gasteiger partial charge >= 0.3 is 0 Å². The molecule has 6 nitrogen and oxygen atoms in total. The number of amides is 1. The van der Waals surface area contributed by atoms with Crippen molar-refractivity contribution in [3.05, 3.63) is 30.0 Å².